The monoisotopic (exact) mass is 451 g/mol. The fourth-order valence-electron chi connectivity index (χ4n) is 4.51. The Morgan fingerprint density at radius 2 is 0.844 bits per heavy atom. The molecular formula is C30H61NO. The maximum absolute atomic E-state index is 12.8. The minimum Gasteiger partial charge on any atom is -0.343 e. The lowest BCUT2D eigenvalue weighted by Crippen LogP contribution is -2.33. The number of hydrogen-bond donors (Lipinski definition) is 0. The molecule has 1 unspecified atom stereocenters. The first-order valence-electron chi connectivity index (χ1n) is 14.9. The largest absolute Gasteiger partial charge is 0.343 e. The van der Waals surface area contributed by atoms with E-state index >= 15 is 0 Å². The lowest BCUT2D eigenvalue weighted by Gasteiger charge is -2.24. The molecular weight excluding hydrogens is 390 g/mol. The second kappa shape index (κ2) is 25.1. The Kier molecular flexibility index (Phi) is 24.7. The van der Waals surface area contributed by atoms with Gasteiger partial charge in [0.2, 0.25) is 5.91 Å². The van der Waals surface area contributed by atoms with Crippen LogP contribution >= 0.6 is 0 Å². The van der Waals surface area contributed by atoms with E-state index in [0.717, 1.165) is 25.9 Å². The summed E-state index contributed by atoms with van der Waals surface area (Å²) in [6.07, 6.45) is 29.1. The molecule has 32 heavy (non-hydrogen) atoms. The van der Waals surface area contributed by atoms with Crippen LogP contribution in [0.15, 0.2) is 0 Å². The molecule has 0 aromatic carbocycles. The molecule has 0 aliphatic heterocycles. The lowest BCUT2D eigenvalue weighted by molar-refractivity contribution is -0.132. The van der Waals surface area contributed by atoms with Gasteiger partial charge in [0.05, 0.1) is 0 Å². The van der Waals surface area contributed by atoms with Crippen molar-refractivity contribution in [2.75, 3.05) is 13.1 Å². The number of rotatable bonds is 25. The van der Waals surface area contributed by atoms with E-state index < -0.39 is 0 Å². The maximum atomic E-state index is 12.8. The Morgan fingerprint density at radius 1 is 0.531 bits per heavy atom. The zero-order valence-electron chi connectivity index (χ0n) is 22.9. The van der Waals surface area contributed by atoms with Gasteiger partial charge in [0.15, 0.2) is 0 Å². The molecule has 1 amide bonds. The van der Waals surface area contributed by atoms with Crippen molar-refractivity contribution in [3.63, 3.8) is 0 Å². The van der Waals surface area contributed by atoms with Gasteiger partial charge in [0, 0.05) is 19.5 Å². The van der Waals surface area contributed by atoms with E-state index in [1.165, 1.54) is 128 Å². The summed E-state index contributed by atoms with van der Waals surface area (Å²) in [5, 5.41) is 0. The molecule has 0 aliphatic rings. The van der Waals surface area contributed by atoms with Crippen LogP contribution in [-0.4, -0.2) is 23.9 Å². The minimum atomic E-state index is 0.409. The third kappa shape index (κ3) is 21.3. The number of nitrogens with zero attached hydrogens (tertiary/aromatic N) is 1. The molecule has 0 aliphatic carbocycles. The molecule has 0 heterocycles. The summed E-state index contributed by atoms with van der Waals surface area (Å²) >= 11 is 0. The Labute approximate surface area is 203 Å². The minimum absolute atomic E-state index is 0.409. The van der Waals surface area contributed by atoms with Crippen LogP contribution in [-0.2, 0) is 4.79 Å². The van der Waals surface area contributed by atoms with E-state index in [2.05, 4.69) is 32.6 Å². The standard InChI is InChI=1S/C30H61NO/c1-5-8-10-12-14-16-18-20-22-24-26-31(30(32)28-29(4)7-3)27-25-23-21-19-17-15-13-11-9-6-2/h29H,5-28H2,1-4H3. The highest BCUT2D eigenvalue weighted by Crippen LogP contribution is 2.15. The number of carbonyl (C=O) groups is 1. The van der Waals surface area contributed by atoms with Crippen LogP contribution in [0.5, 0.6) is 0 Å². The highest BCUT2D eigenvalue weighted by atomic mass is 16.2. The van der Waals surface area contributed by atoms with Crippen LogP contribution in [0, 0.1) is 5.92 Å². The van der Waals surface area contributed by atoms with E-state index in [4.69, 9.17) is 0 Å². The molecule has 0 fully saturated rings. The number of amides is 1. The topological polar surface area (TPSA) is 20.3 Å². The van der Waals surface area contributed by atoms with Gasteiger partial charge < -0.3 is 4.90 Å². The molecule has 0 N–H and O–H groups in total. The van der Waals surface area contributed by atoms with Crippen LogP contribution in [0.2, 0.25) is 0 Å². The first-order chi connectivity index (χ1) is 15.7. The summed E-state index contributed by atoms with van der Waals surface area (Å²) < 4.78 is 0. The van der Waals surface area contributed by atoms with Crippen LogP contribution in [0.25, 0.3) is 0 Å². The average Bonchev–Trinajstić information content (AvgIpc) is 2.79. The third-order valence-electron chi connectivity index (χ3n) is 7.14. The quantitative estimate of drug-likeness (QED) is 0.126. The van der Waals surface area contributed by atoms with Gasteiger partial charge >= 0.3 is 0 Å². The van der Waals surface area contributed by atoms with E-state index in [0.29, 0.717) is 11.8 Å². The van der Waals surface area contributed by atoms with Gasteiger partial charge in [-0.25, -0.2) is 0 Å². The first-order valence-corrected chi connectivity index (χ1v) is 14.9. The molecule has 0 aromatic rings. The summed E-state index contributed by atoms with van der Waals surface area (Å²) in [5.74, 6) is 0.927. The molecule has 0 saturated heterocycles. The molecule has 2 nitrogen and oxygen atoms in total. The van der Waals surface area contributed by atoms with Gasteiger partial charge in [-0.3, -0.25) is 4.79 Å². The van der Waals surface area contributed by atoms with Crippen molar-refractivity contribution < 1.29 is 4.79 Å². The van der Waals surface area contributed by atoms with E-state index in [-0.39, 0.29) is 0 Å². The van der Waals surface area contributed by atoms with E-state index in [9.17, 15) is 4.79 Å². The van der Waals surface area contributed by atoms with Crippen molar-refractivity contribution in [2.24, 2.45) is 5.92 Å². The second-order valence-electron chi connectivity index (χ2n) is 10.5. The van der Waals surface area contributed by atoms with Crippen LogP contribution in [0.1, 0.15) is 169 Å². The van der Waals surface area contributed by atoms with Crippen molar-refractivity contribution in [2.45, 2.75) is 169 Å². The predicted octanol–water partition coefficient (Wildman–Crippen LogP) is 10.1. The highest BCUT2D eigenvalue weighted by molar-refractivity contribution is 5.76. The zero-order chi connectivity index (χ0) is 23.7. The van der Waals surface area contributed by atoms with Gasteiger partial charge in [0.25, 0.3) is 0 Å². The number of carbonyl (C=O) groups excluding carboxylic acids is 1. The van der Waals surface area contributed by atoms with Crippen molar-refractivity contribution in [1.82, 2.24) is 4.90 Å². The average molecular weight is 452 g/mol. The highest BCUT2D eigenvalue weighted by Gasteiger charge is 2.15. The van der Waals surface area contributed by atoms with Gasteiger partial charge in [-0.15, -0.1) is 0 Å². The first kappa shape index (κ1) is 31.5. The van der Waals surface area contributed by atoms with Gasteiger partial charge in [-0.2, -0.15) is 0 Å². The summed E-state index contributed by atoms with van der Waals surface area (Å²) in [7, 11) is 0. The third-order valence-corrected chi connectivity index (χ3v) is 7.14. The molecule has 0 bridgehead atoms. The molecule has 0 radical (unpaired) electrons. The van der Waals surface area contributed by atoms with Crippen molar-refractivity contribution in [1.29, 1.82) is 0 Å². The van der Waals surface area contributed by atoms with E-state index in [1.54, 1.807) is 0 Å². The second-order valence-corrected chi connectivity index (χ2v) is 10.5. The fourth-order valence-corrected chi connectivity index (χ4v) is 4.51. The van der Waals surface area contributed by atoms with Gasteiger partial charge in [-0.05, 0) is 18.8 Å². The fraction of sp³-hybridized carbons (Fsp3) is 0.967. The van der Waals surface area contributed by atoms with Crippen LogP contribution in [0.4, 0.5) is 0 Å². The van der Waals surface area contributed by atoms with Gasteiger partial charge in [0.1, 0.15) is 0 Å². The SMILES string of the molecule is CCCCCCCCCCCCN(CCCCCCCCCCCC)C(=O)CC(C)CC. The van der Waals surface area contributed by atoms with Crippen molar-refractivity contribution >= 4 is 5.91 Å². The summed E-state index contributed by atoms with van der Waals surface area (Å²) in [6.45, 7) is 11.0. The lowest BCUT2D eigenvalue weighted by atomic mass is 10.0. The van der Waals surface area contributed by atoms with Crippen LogP contribution in [0.3, 0.4) is 0 Å². The molecule has 1 atom stereocenters. The summed E-state index contributed by atoms with van der Waals surface area (Å²) in [5.41, 5.74) is 0. The molecule has 0 rings (SSSR count). The van der Waals surface area contributed by atoms with Crippen molar-refractivity contribution in [3.05, 3.63) is 0 Å². The molecule has 192 valence electrons. The maximum Gasteiger partial charge on any atom is 0.222 e. The molecule has 0 saturated carbocycles. The number of unbranched alkanes of at least 4 members (excludes halogenated alkanes) is 18. The molecule has 2 heteroatoms. The Hall–Kier alpha value is -0.530. The zero-order valence-corrected chi connectivity index (χ0v) is 22.9. The normalized spacial score (nSPS) is 12.2. The molecule has 0 spiro atoms. The summed E-state index contributed by atoms with van der Waals surface area (Å²) in [6, 6.07) is 0. The Morgan fingerprint density at radius 3 is 1.16 bits per heavy atom. The smallest absolute Gasteiger partial charge is 0.222 e. The Balaban J connectivity index is 3.93. The van der Waals surface area contributed by atoms with Crippen LogP contribution < -0.4 is 0 Å². The molecule has 0 aromatic heterocycles. The van der Waals surface area contributed by atoms with E-state index in [1.807, 2.05) is 0 Å². The summed E-state index contributed by atoms with van der Waals surface area (Å²) in [4.78, 5) is 15.0. The van der Waals surface area contributed by atoms with Crippen molar-refractivity contribution in [3.8, 4) is 0 Å². The predicted molar refractivity (Wildman–Crippen MR) is 144 cm³/mol. The van der Waals surface area contributed by atoms with Gasteiger partial charge in [-0.1, -0.05) is 150 Å². The Bertz CT molecular complexity index is 357. The number of hydrogen-bond acceptors (Lipinski definition) is 1.